The molecule has 10 rings (SSSR count). The van der Waals surface area contributed by atoms with E-state index in [2.05, 4.69) is 33.5 Å². The van der Waals surface area contributed by atoms with Crippen molar-refractivity contribution >= 4 is 44.1 Å². The largest absolute Gasteiger partial charge is 0.484 e. The summed E-state index contributed by atoms with van der Waals surface area (Å²) >= 11 is 1.28. The molecule has 0 radical (unpaired) electrons. The number of benzene rings is 3. The summed E-state index contributed by atoms with van der Waals surface area (Å²) in [6.07, 6.45) is 6.87. The van der Waals surface area contributed by atoms with Crippen LogP contribution in [0.4, 0.5) is 10.2 Å². The lowest BCUT2D eigenvalue weighted by Gasteiger charge is -2.29. The van der Waals surface area contributed by atoms with E-state index in [1.54, 1.807) is 24.1 Å². The van der Waals surface area contributed by atoms with Crippen molar-refractivity contribution in [3.63, 3.8) is 0 Å². The van der Waals surface area contributed by atoms with Gasteiger partial charge in [0.05, 0.1) is 28.0 Å². The predicted octanol–water partition coefficient (Wildman–Crippen LogP) is 8.52. The van der Waals surface area contributed by atoms with Crippen LogP contribution in [-0.4, -0.2) is 98.3 Å². The molecule has 344 valence electrons. The van der Waals surface area contributed by atoms with E-state index in [1.165, 1.54) is 17.4 Å². The molecule has 14 nitrogen and oxygen atoms in total. The lowest BCUT2D eigenvalue weighted by atomic mass is 9.99. The van der Waals surface area contributed by atoms with Crippen LogP contribution in [0.1, 0.15) is 74.6 Å². The van der Waals surface area contributed by atoms with Crippen molar-refractivity contribution in [2.24, 2.45) is 5.92 Å². The van der Waals surface area contributed by atoms with E-state index in [0.717, 1.165) is 60.5 Å². The van der Waals surface area contributed by atoms with Crippen molar-refractivity contribution in [1.29, 1.82) is 5.26 Å². The van der Waals surface area contributed by atoms with Gasteiger partial charge >= 0.3 is 6.01 Å². The van der Waals surface area contributed by atoms with Gasteiger partial charge in [0.15, 0.2) is 5.75 Å². The molecule has 4 aromatic heterocycles. The van der Waals surface area contributed by atoms with Gasteiger partial charge in [-0.3, -0.25) is 9.78 Å². The van der Waals surface area contributed by atoms with Gasteiger partial charge in [-0.15, -0.1) is 16.4 Å². The zero-order valence-corrected chi connectivity index (χ0v) is 39.1. The van der Waals surface area contributed by atoms with Gasteiger partial charge in [-0.2, -0.15) is 15.2 Å². The number of hydrogen-bond acceptors (Lipinski definition) is 13. The van der Waals surface area contributed by atoms with Crippen molar-refractivity contribution in [3.05, 3.63) is 107 Å². The molecule has 5 atom stereocenters. The van der Waals surface area contributed by atoms with Gasteiger partial charge in [-0.05, 0) is 62.3 Å². The average molecular weight is 921 g/mol. The van der Waals surface area contributed by atoms with Crippen LogP contribution in [0, 0.1) is 23.1 Å². The molecule has 3 saturated heterocycles. The number of pyridine rings is 1. The number of carbonyl (C=O) groups is 1. The van der Waals surface area contributed by atoms with E-state index in [4.69, 9.17) is 29.2 Å². The maximum atomic E-state index is 15.9. The van der Waals surface area contributed by atoms with Crippen LogP contribution in [0.2, 0.25) is 0 Å². The van der Waals surface area contributed by atoms with Gasteiger partial charge in [-0.1, -0.05) is 73.7 Å². The number of amides is 1. The molecule has 2 bridgehead atoms. The van der Waals surface area contributed by atoms with E-state index in [-0.39, 0.29) is 49.2 Å². The number of likely N-dealkylation sites (tertiary alicyclic amines) is 1. The number of ether oxygens (including phenoxy) is 3. The third-order valence-corrected chi connectivity index (χ3v) is 14.6. The Balaban J connectivity index is 1.05. The number of anilines is 1. The molecule has 3 fully saturated rings. The second kappa shape index (κ2) is 18.6. The number of thiophene rings is 1. The lowest BCUT2D eigenvalue weighted by molar-refractivity contribution is -0.137. The zero-order valence-electron chi connectivity index (χ0n) is 38.3. The maximum Gasteiger partial charge on any atom is 0.319 e. The molecule has 0 aliphatic carbocycles. The summed E-state index contributed by atoms with van der Waals surface area (Å²) in [5, 5.41) is 24.4. The van der Waals surface area contributed by atoms with E-state index in [9.17, 15) is 10.1 Å². The first-order valence-corrected chi connectivity index (χ1v) is 23.9. The molecule has 7 aromatic rings. The molecule has 16 heteroatoms. The molecule has 1 amide bonds. The fourth-order valence-electron chi connectivity index (χ4n) is 9.77. The molecular formula is C51H53FN10O4S. The SMILES string of the molecule is CO[C@@H](C)COc1nc(N2CC3CC2CN3)c2cnc(-c3ccc(F)c4sc(Cc5ccccc5)c(C#N)c34)c(OCc3ccc(-c4cn(C(C(=O)N5CCCC5C)C(C)C)nn4)cc3)c2n1. The van der Waals surface area contributed by atoms with Crippen LogP contribution in [0.3, 0.4) is 0 Å². The first kappa shape index (κ1) is 44.3. The van der Waals surface area contributed by atoms with Gasteiger partial charge < -0.3 is 29.3 Å². The molecule has 0 spiro atoms. The van der Waals surface area contributed by atoms with Crippen LogP contribution in [0.15, 0.2) is 79.1 Å². The first-order chi connectivity index (χ1) is 32.6. The number of halogens is 1. The number of nitrogens with zero attached hydrogens (tertiary/aromatic N) is 9. The zero-order chi connectivity index (χ0) is 46.3. The van der Waals surface area contributed by atoms with E-state index in [0.29, 0.717) is 67.5 Å². The van der Waals surface area contributed by atoms with Crippen LogP contribution in [0.25, 0.3) is 43.5 Å². The maximum absolute atomic E-state index is 15.9. The summed E-state index contributed by atoms with van der Waals surface area (Å²) in [7, 11) is 1.63. The Bertz CT molecular complexity index is 2990. The monoisotopic (exact) mass is 920 g/mol. The highest BCUT2D eigenvalue weighted by atomic mass is 32.1. The van der Waals surface area contributed by atoms with Crippen LogP contribution < -0.4 is 19.7 Å². The van der Waals surface area contributed by atoms with Crippen molar-refractivity contribution in [1.82, 2.24) is 40.2 Å². The Kier molecular flexibility index (Phi) is 12.3. The molecule has 0 saturated carbocycles. The third kappa shape index (κ3) is 8.56. The van der Waals surface area contributed by atoms with Gasteiger partial charge in [0.1, 0.15) is 53.9 Å². The van der Waals surface area contributed by atoms with Crippen molar-refractivity contribution < 1.29 is 23.4 Å². The number of fused-ring (bicyclic) bond motifs is 4. The van der Waals surface area contributed by atoms with Crippen LogP contribution >= 0.6 is 11.3 Å². The van der Waals surface area contributed by atoms with Crippen LogP contribution in [-0.2, 0) is 22.6 Å². The fraction of sp³-hybridized carbons (Fsp3) is 0.392. The Labute approximate surface area is 392 Å². The summed E-state index contributed by atoms with van der Waals surface area (Å²) in [5.74, 6) is 0.731. The Hall–Kier alpha value is -6.54. The Morgan fingerprint density at radius 3 is 2.57 bits per heavy atom. The number of rotatable bonds is 15. The van der Waals surface area contributed by atoms with Gasteiger partial charge in [-0.25, -0.2) is 9.07 Å². The van der Waals surface area contributed by atoms with Crippen molar-refractivity contribution in [2.45, 2.75) is 90.3 Å². The van der Waals surface area contributed by atoms with E-state index in [1.807, 2.05) is 86.5 Å². The number of piperazine rings is 1. The quantitative estimate of drug-likeness (QED) is 0.105. The third-order valence-electron chi connectivity index (χ3n) is 13.4. The number of nitriles is 1. The summed E-state index contributed by atoms with van der Waals surface area (Å²) in [4.78, 5) is 33.8. The molecule has 3 aromatic carbocycles. The molecule has 3 aliphatic heterocycles. The molecule has 4 unspecified atom stereocenters. The molecule has 7 heterocycles. The standard InChI is InChI=1S/C51H53FN10O4S/c1-29(2)46(50(63)60-19-9-10-30(60)3)62-26-41(58-59-62)34-15-13-33(14-16-34)28-65-47-44(37-17-18-40(52)48-43(37)38(22-53)42(67-48)20-32-11-7-6-8-12-32)55-24-39-45(47)56-51(66-27-31(4)64-5)57-49(39)61-25-35-21-36(61)23-54-35/h6-8,11-18,24,26,29-31,35-36,46,54H,9-10,19-21,23,25,27-28H2,1-5H3/t30?,31-,35?,36?,46?/m0/s1. The second-order valence-corrected chi connectivity index (χ2v) is 19.4. The minimum atomic E-state index is -0.454. The fourth-order valence-corrected chi connectivity index (χ4v) is 11.0. The lowest BCUT2D eigenvalue weighted by Crippen LogP contribution is -2.44. The molecule has 67 heavy (non-hydrogen) atoms. The number of nitrogens with one attached hydrogen (secondary N) is 1. The van der Waals surface area contributed by atoms with Gasteiger partial charge in [0, 0.05) is 78.9 Å². The number of carbonyl (C=O) groups excluding carboxylic acids is 1. The summed E-state index contributed by atoms with van der Waals surface area (Å²) in [6, 6.07) is 23.7. The molecule has 3 aliphatic rings. The highest BCUT2D eigenvalue weighted by molar-refractivity contribution is 7.19. The first-order valence-electron chi connectivity index (χ1n) is 23.1. The Morgan fingerprint density at radius 1 is 1.04 bits per heavy atom. The predicted molar refractivity (Wildman–Crippen MR) is 256 cm³/mol. The van der Waals surface area contributed by atoms with Gasteiger partial charge in [0.25, 0.3) is 0 Å². The van der Waals surface area contributed by atoms with Crippen LogP contribution in [0.5, 0.6) is 11.8 Å². The molecular weight excluding hydrogens is 868 g/mol. The number of methoxy groups -OCH3 is 1. The highest BCUT2D eigenvalue weighted by Crippen LogP contribution is 2.46. The summed E-state index contributed by atoms with van der Waals surface area (Å²) < 4.78 is 36.6. The second-order valence-electron chi connectivity index (χ2n) is 18.3. The summed E-state index contributed by atoms with van der Waals surface area (Å²) in [6.45, 7) is 10.8. The van der Waals surface area contributed by atoms with E-state index >= 15 is 4.39 Å². The number of hydrogen-bond donors (Lipinski definition) is 1. The molecule has 1 N–H and O–H groups in total. The minimum absolute atomic E-state index is 0.0248. The van der Waals surface area contributed by atoms with Gasteiger partial charge in [0.2, 0.25) is 5.91 Å². The summed E-state index contributed by atoms with van der Waals surface area (Å²) in [5.41, 5.74) is 5.20. The number of aromatic nitrogens is 6. The normalized spacial score (nSPS) is 18.9. The smallest absolute Gasteiger partial charge is 0.319 e. The topological polar surface area (TPSA) is 156 Å². The highest BCUT2D eigenvalue weighted by Gasteiger charge is 2.40. The van der Waals surface area contributed by atoms with Crippen molar-refractivity contribution in [3.8, 4) is 40.3 Å². The average Bonchev–Trinajstić information content (AvgIpc) is 4.21. The van der Waals surface area contributed by atoms with Crippen molar-refractivity contribution in [2.75, 3.05) is 38.3 Å². The minimum Gasteiger partial charge on any atom is -0.484 e. The van der Waals surface area contributed by atoms with E-state index < -0.39 is 11.9 Å². The Morgan fingerprint density at radius 2 is 1.87 bits per heavy atom.